The quantitative estimate of drug-likeness (QED) is 0.587. The van der Waals surface area contributed by atoms with Gasteiger partial charge in [0.25, 0.3) is 0 Å². The summed E-state index contributed by atoms with van der Waals surface area (Å²) in [7, 11) is 0. The van der Waals surface area contributed by atoms with E-state index in [9.17, 15) is 0 Å². The SMILES string of the molecule is CCC.[CH3-].[CH3-].[Ir+3].[NH2-].[Y]. The Labute approximate surface area is 93.2 Å². The molecule has 0 aromatic rings. The van der Waals surface area contributed by atoms with Crippen LogP contribution in [0, 0.1) is 14.9 Å². The van der Waals surface area contributed by atoms with Crippen molar-refractivity contribution in [2.75, 3.05) is 0 Å². The van der Waals surface area contributed by atoms with Gasteiger partial charge in [-0.25, -0.2) is 0 Å². The molecule has 0 aliphatic carbocycles. The molecule has 1 nitrogen and oxygen atoms in total. The summed E-state index contributed by atoms with van der Waals surface area (Å²) in [5, 5.41) is 0. The van der Waals surface area contributed by atoms with Gasteiger partial charge in [-0.3, -0.25) is 0 Å². The van der Waals surface area contributed by atoms with Gasteiger partial charge in [-0.1, -0.05) is 20.3 Å². The van der Waals surface area contributed by atoms with Gasteiger partial charge in [-0.05, 0) is 0 Å². The molecule has 0 aromatic carbocycles. The van der Waals surface area contributed by atoms with Crippen LogP contribution in [0.4, 0.5) is 0 Å². The standard InChI is InChI=1S/C3H8.2CH3.Ir.H2N.Y/c1-3-2;;;;;/h3H2,1-2H3;2*1H3;;1H2;/q;2*-1;+3;-1;. The van der Waals surface area contributed by atoms with Crippen molar-refractivity contribution in [2.24, 2.45) is 0 Å². The number of hydrogen-bond donors (Lipinski definition) is 0. The Morgan fingerprint density at radius 2 is 1.00 bits per heavy atom. The average molecular weight is 371 g/mol. The second-order valence-electron chi connectivity index (χ2n) is 0.707. The van der Waals surface area contributed by atoms with Gasteiger partial charge in [0.05, 0.1) is 0 Å². The Morgan fingerprint density at radius 1 is 1.00 bits per heavy atom. The molecule has 3 heteroatoms. The van der Waals surface area contributed by atoms with Crippen LogP contribution >= 0.6 is 0 Å². The summed E-state index contributed by atoms with van der Waals surface area (Å²) >= 11 is 0. The maximum atomic E-state index is 2.12. The third-order valence-electron chi connectivity index (χ3n) is 0. The zero-order chi connectivity index (χ0) is 2.71. The molecule has 0 saturated heterocycles. The number of hydrogen-bond acceptors (Lipinski definition) is 0. The fourth-order valence-corrected chi connectivity index (χ4v) is 0. The van der Waals surface area contributed by atoms with Gasteiger partial charge in [0.2, 0.25) is 0 Å². The minimum atomic E-state index is 0. The maximum Gasteiger partial charge on any atom is 3.00 e. The summed E-state index contributed by atoms with van der Waals surface area (Å²) in [5.74, 6) is 0. The van der Waals surface area contributed by atoms with Crippen LogP contribution in [0.1, 0.15) is 20.3 Å². The van der Waals surface area contributed by atoms with Crippen molar-refractivity contribution in [3.8, 4) is 0 Å². The van der Waals surface area contributed by atoms with E-state index in [0.29, 0.717) is 0 Å². The second-order valence-corrected chi connectivity index (χ2v) is 0.707. The minimum Gasteiger partial charge on any atom is -0.693 e. The van der Waals surface area contributed by atoms with Gasteiger partial charge in [0, 0.05) is 32.7 Å². The van der Waals surface area contributed by atoms with Crippen molar-refractivity contribution >= 4 is 0 Å². The fourth-order valence-electron chi connectivity index (χ4n) is 0. The first kappa shape index (κ1) is 53.5. The zero-order valence-electron chi connectivity index (χ0n) is 6.20. The molecule has 2 N–H and O–H groups in total. The van der Waals surface area contributed by atoms with E-state index < -0.39 is 0 Å². The molecule has 0 unspecified atom stereocenters. The van der Waals surface area contributed by atoms with Gasteiger partial charge in [-0.2, -0.15) is 0 Å². The molecular formula is C5H16IrNY. The Morgan fingerprint density at radius 3 is 1.00 bits per heavy atom. The molecule has 0 aliphatic heterocycles. The van der Waals surface area contributed by atoms with E-state index in [1.165, 1.54) is 6.42 Å². The molecule has 0 aliphatic rings. The van der Waals surface area contributed by atoms with Crippen molar-refractivity contribution in [1.82, 2.24) is 0 Å². The molecule has 0 amide bonds. The maximum absolute atomic E-state index is 2.12. The summed E-state index contributed by atoms with van der Waals surface area (Å²) in [6.45, 7) is 4.25. The molecule has 1 radical (unpaired) electrons. The molecule has 53 valence electrons. The number of nitrogens with two attached hydrogens (primary N) is 1. The minimum absolute atomic E-state index is 0. The van der Waals surface area contributed by atoms with E-state index in [2.05, 4.69) is 13.8 Å². The molecule has 0 bridgehead atoms. The Kier molecular flexibility index (Phi) is 471. The van der Waals surface area contributed by atoms with E-state index in [0.717, 1.165) is 0 Å². The van der Waals surface area contributed by atoms with Crippen molar-refractivity contribution in [2.45, 2.75) is 20.3 Å². The smallest absolute Gasteiger partial charge is 0.693 e. The van der Waals surface area contributed by atoms with Crippen LogP contribution in [0.2, 0.25) is 0 Å². The van der Waals surface area contributed by atoms with Gasteiger partial charge in [0.1, 0.15) is 0 Å². The molecule has 0 spiro atoms. The second kappa shape index (κ2) is 70.4. The van der Waals surface area contributed by atoms with Crippen LogP contribution in [-0.4, -0.2) is 0 Å². The average Bonchev–Trinajstić information content (AvgIpc) is 0.918. The zero-order valence-corrected chi connectivity index (χ0v) is 11.4. The van der Waals surface area contributed by atoms with E-state index in [1.807, 2.05) is 0 Å². The van der Waals surface area contributed by atoms with E-state index in [4.69, 9.17) is 0 Å². The van der Waals surface area contributed by atoms with Crippen molar-refractivity contribution in [3.05, 3.63) is 21.0 Å². The Balaban J connectivity index is -0.00000000200. The molecule has 8 heavy (non-hydrogen) atoms. The fraction of sp³-hybridized carbons (Fsp3) is 0.600. The van der Waals surface area contributed by atoms with Crippen LogP contribution < -0.4 is 0 Å². The van der Waals surface area contributed by atoms with Crippen LogP contribution in [0.3, 0.4) is 0 Å². The van der Waals surface area contributed by atoms with E-state index >= 15 is 0 Å². The topological polar surface area (TPSA) is 33.5 Å². The Bertz CT molecular complexity index is 12.4. The first-order chi connectivity index (χ1) is 1.41. The predicted molar refractivity (Wildman–Crippen MR) is 34.1 cm³/mol. The molecule has 0 heterocycles. The molecule has 0 rings (SSSR count). The summed E-state index contributed by atoms with van der Waals surface area (Å²) < 4.78 is 0. The monoisotopic (exact) mass is 372 g/mol. The first-order valence-corrected chi connectivity index (χ1v) is 1.41. The number of rotatable bonds is 0. The van der Waals surface area contributed by atoms with E-state index in [1.54, 1.807) is 0 Å². The predicted octanol–water partition coefficient (Wildman–Crippen LogP) is 3.03. The normalized spacial score (nSPS) is 2.25. The molecule has 0 fully saturated rings. The van der Waals surface area contributed by atoms with Crippen molar-refractivity contribution in [1.29, 1.82) is 0 Å². The van der Waals surface area contributed by atoms with E-state index in [-0.39, 0.29) is 73.8 Å². The van der Waals surface area contributed by atoms with Gasteiger partial charge in [-0.15, -0.1) is 0 Å². The molecule has 0 aromatic heterocycles. The largest absolute Gasteiger partial charge is 3.00 e. The van der Waals surface area contributed by atoms with Crippen molar-refractivity contribution < 1.29 is 52.8 Å². The van der Waals surface area contributed by atoms with Gasteiger partial charge >= 0.3 is 20.1 Å². The van der Waals surface area contributed by atoms with Gasteiger partial charge in [0.15, 0.2) is 0 Å². The summed E-state index contributed by atoms with van der Waals surface area (Å²) in [6, 6.07) is 0. The molecule has 0 saturated carbocycles. The first-order valence-electron chi connectivity index (χ1n) is 1.41. The summed E-state index contributed by atoms with van der Waals surface area (Å²) in [5.41, 5.74) is 0. The summed E-state index contributed by atoms with van der Waals surface area (Å²) in [4.78, 5) is 0. The van der Waals surface area contributed by atoms with Crippen LogP contribution in [0.5, 0.6) is 0 Å². The molecule has 0 atom stereocenters. The molecular weight excluding hydrogens is 355 g/mol. The van der Waals surface area contributed by atoms with Crippen LogP contribution in [0.25, 0.3) is 6.15 Å². The van der Waals surface area contributed by atoms with Crippen LogP contribution in [0.15, 0.2) is 0 Å². The summed E-state index contributed by atoms with van der Waals surface area (Å²) in [6.07, 6.45) is 1.25. The Hall–Kier alpha value is 1.71. The third-order valence-corrected chi connectivity index (χ3v) is 0. The van der Waals surface area contributed by atoms with Gasteiger partial charge < -0.3 is 21.0 Å². The van der Waals surface area contributed by atoms with Crippen molar-refractivity contribution in [3.63, 3.8) is 0 Å². The van der Waals surface area contributed by atoms with Crippen LogP contribution in [-0.2, 0) is 52.8 Å². The third kappa shape index (κ3) is 118.